The lowest BCUT2D eigenvalue weighted by Crippen LogP contribution is -2.39. The highest BCUT2D eigenvalue weighted by molar-refractivity contribution is 7.84. The van der Waals surface area contributed by atoms with E-state index in [9.17, 15) is 9.00 Å². The molecule has 1 aliphatic rings. The van der Waals surface area contributed by atoms with Crippen LogP contribution in [0.25, 0.3) is 0 Å². The quantitative estimate of drug-likeness (QED) is 0.803. The molecule has 1 aromatic rings. The molecule has 0 aromatic heterocycles. The average molecular weight is 338 g/mol. The van der Waals surface area contributed by atoms with Crippen LogP contribution in [0, 0.1) is 5.92 Å². The lowest BCUT2D eigenvalue weighted by Gasteiger charge is -2.18. The topological polar surface area (TPSA) is 67.4 Å². The summed E-state index contributed by atoms with van der Waals surface area (Å²) in [6, 6.07) is 7.62. The average Bonchev–Trinajstić information content (AvgIpc) is 2.90. The van der Waals surface area contributed by atoms with Crippen molar-refractivity contribution in [3.8, 4) is 0 Å². The molecule has 5 nitrogen and oxygen atoms in total. The molecule has 0 heterocycles. The van der Waals surface area contributed by atoms with Gasteiger partial charge in [0.15, 0.2) is 0 Å². The lowest BCUT2D eigenvalue weighted by molar-refractivity contribution is 0.218. The maximum atomic E-state index is 12.1. The Morgan fingerprint density at radius 1 is 1.39 bits per heavy atom. The molecule has 23 heavy (non-hydrogen) atoms. The lowest BCUT2D eigenvalue weighted by atomic mass is 10.1. The van der Waals surface area contributed by atoms with Crippen LogP contribution in [0.1, 0.15) is 31.7 Å². The van der Waals surface area contributed by atoms with Gasteiger partial charge in [0.25, 0.3) is 0 Å². The van der Waals surface area contributed by atoms with E-state index in [2.05, 4.69) is 17.6 Å². The van der Waals surface area contributed by atoms with E-state index in [1.165, 1.54) is 12.8 Å². The second-order valence-electron chi connectivity index (χ2n) is 6.09. The molecule has 1 aliphatic carbocycles. The van der Waals surface area contributed by atoms with Gasteiger partial charge in [-0.3, -0.25) is 4.21 Å². The van der Waals surface area contributed by atoms with Crippen LogP contribution in [0.5, 0.6) is 0 Å². The Bertz CT molecular complexity index is 550. The Morgan fingerprint density at radius 3 is 2.91 bits per heavy atom. The summed E-state index contributed by atoms with van der Waals surface area (Å²) in [4.78, 5) is 12.1. The third kappa shape index (κ3) is 5.95. The van der Waals surface area contributed by atoms with Gasteiger partial charge in [-0.05, 0) is 36.5 Å². The Morgan fingerprint density at radius 2 is 2.22 bits per heavy atom. The van der Waals surface area contributed by atoms with Crippen LogP contribution in [-0.2, 0) is 21.3 Å². The Balaban J connectivity index is 1.86. The summed E-state index contributed by atoms with van der Waals surface area (Å²) in [5.41, 5.74) is 1.68. The van der Waals surface area contributed by atoms with Crippen LogP contribution in [0.2, 0.25) is 0 Å². The van der Waals surface area contributed by atoms with Crippen molar-refractivity contribution in [2.45, 2.75) is 38.0 Å². The first-order valence-electron chi connectivity index (χ1n) is 8.09. The van der Waals surface area contributed by atoms with Crippen molar-refractivity contribution in [1.29, 1.82) is 0 Å². The van der Waals surface area contributed by atoms with E-state index in [-0.39, 0.29) is 12.1 Å². The predicted molar refractivity (Wildman–Crippen MR) is 94.0 cm³/mol. The van der Waals surface area contributed by atoms with Crippen LogP contribution in [0.15, 0.2) is 24.3 Å². The van der Waals surface area contributed by atoms with Crippen molar-refractivity contribution >= 4 is 22.5 Å². The maximum Gasteiger partial charge on any atom is 0.319 e. The number of hydrogen-bond acceptors (Lipinski definition) is 3. The van der Waals surface area contributed by atoms with Crippen molar-refractivity contribution in [3.05, 3.63) is 29.8 Å². The number of amides is 2. The Kier molecular flexibility index (Phi) is 7.05. The van der Waals surface area contributed by atoms with Gasteiger partial charge >= 0.3 is 6.03 Å². The third-order valence-electron chi connectivity index (χ3n) is 4.21. The van der Waals surface area contributed by atoms with Gasteiger partial charge in [0.05, 0.1) is 6.61 Å². The normalized spacial score (nSPS) is 21.8. The summed E-state index contributed by atoms with van der Waals surface area (Å²) in [5, 5.41) is 5.91. The fourth-order valence-electron chi connectivity index (χ4n) is 2.87. The Labute approximate surface area is 140 Å². The van der Waals surface area contributed by atoms with E-state index in [0.717, 1.165) is 17.7 Å². The van der Waals surface area contributed by atoms with Crippen molar-refractivity contribution in [3.63, 3.8) is 0 Å². The smallest absolute Gasteiger partial charge is 0.319 e. The number of ether oxygens (including phenoxy) is 1. The van der Waals surface area contributed by atoms with Crippen LogP contribution in [-0.4, -0.2) is 35.8 Å². The number of carbonyl (C=O) groups excluding carboxylic acids is 1. The zero-order valence-corrected chi connectivity index (χ0v) is 14.7. The molecule has 0 radical (unpaired) electrons. The molecule has 0 aliphatic heterocycles. The third-order valence-corrected chi connectivity index (χ3v) is 5.48. The minimum Gasteiger partial charge on any atom is -0.384 e. The molecule has 0 bridgehead atoms. The predicted octanol–water partition coefficient (Wildman–Crippen LogP) is 2.89. The van der Waals surface area contributed by atoms with Gasteiger partial charge in [-0.2, -0.15) is 0 Å². The summed E-state index contributed by atoms with van der Waals surface area (Å²) in [5.74, 6) is 1.53. The monoisotopic (exact) mass is 338 g/mol. The van der Waals surface area contributed by atoms with Crippen LogP contribution in [0.4, 0.5) is 10.5 Å². The van der Waals surface area contributed by atoms with Gasteiger partial charge in [0.1, 0.15) is 0 Å². The molecule has 1 aromatic carbocycles. The van der Waals surface area contributed by atoms with E-state index >= 15 is 0 Å². The summed E-state index contributed by atoms with van der Waals surface area (Å²) >= 11 is 0. The van der Waals surface area contributed by atoms with Crippen LogP contribution >= 0.6 is 0 Å². The van der Waals surface area contributed by atoms with Gasteiger partial charge in [0, 0.05) is 41.1 Å². The molecule has 2 rings (SSSR count). The Hall–Kier alpha value is -1.40. The summed E-state index contributed by atoms with van der Waals surface area (Å²) in [6.45, 7) is 2.67. The molecule has 1 saturated carbocycles. The summed E-state index contributed by atoms with van der Waals surface area (Å²) in [7, 11) is 0.649. The first-order valence-corrected chi connectivity index (χ1v) is 9.57. The maximum absolute atomic E-state index is 12.1. The second kappa shape index (κ2) is 9.03. The van der Waals surface area contributed by atoms with Gasteiger partial charge in [-0.1, -0.05) is 25.5 Å². The minimum atomic E-state index is -0.954. The zero-order valence-electron chi connectivity index (χ0n) is 13.8. The van der Waals surface area contributed by atoms with Gasteiger partial charge in [-0.25, -0.2) is 4.79 Å². The summed E-state index contributed by atoms with van der Waals surface area (Å²) < 4.78 is 16.8. The van der Waals surface area contributed by atoms with Crippen molar-refractivity contribution < 1.29 is 13.7 Å². The van der Waals surface area contributed by atoms with Crippen LogP contribution in [0.3, 0.4) is 0 Å². The van der Waals surface area contributed by atoms with E-state index in [4.69, 9.17) is 4.74 Å². The van der Waals surface area contributed by atoms with Gasteiger partial charge in [-0.15, -0.1) is 0 Å². The van der Waals surface area contributed by atoms with E-state index < -0.39 is 10.8 Å². The number of urea groups is 1. The molecule has 3 atom stereocenters. The highest BCUT2D eigenvalue weighted by Gasteiger charge is 2.24. The fourth-order valence-corrected chi connectivity index (χ4v) is 3.92. The largest absolute Gasteiger partial charge is 0.384 e. The number of carbonyl (C=O) groups is 1. The molecular formula is C17H26N2O3S. The molecule has 1 fully saturated rings. The minimum absolute atomic E-state index is 0.165. The van der Waals surface area contributed by atoms with Crippen molar-refractivity contribution in [1.82, 2.24) is 5.32 Å². The molecule has 6 heteroatoms. The van der Waals surface area contributed by atoms with Gasteiger partial charge < -0.3 is 15.4 Å². The fraction of sp³-hybridized carbons (Fsp3) is 0.588. The van der Waals surface area contributed by atoms with Crippen LogP contribution < -0.4 is 10.6 Å². The number of nitrogens with one attached hydrogen (secondary N) is 2. The first-order chi connectivity index (χ1) is 11.1. The highest BCUT2D eigenvalue weighted by Crippen LogP contribution is 2.24. The number of anilines is 1. The van der Waals surface area contributed by atoms with Gasteiger partial charge in [0.2, 0.25) is 0 Å². The standard InChI is InChI=1S/C17H26N2O3S/c1-13-5-3-8-16(13)19-17(20)18-15-7-4-6-14(11-15)12-23(21)10-9-22-2/h4,6-7,11,13,16H,3,5,8-10,12H2,1-2H3,(H2,18,19,20)/t13-,16+,23+/m1/s1. The molecule has 128 valence electrons. The number of benzene rings is 1. The molecular weight excluding hydrogens is 312 g/mol. The second-order valence-corrected chi connectivity index (χ2v) is 7.67. The van der Waals surface area contributed by atoms with E-state index in [1.54, 1.807) is 7.11 Å². The van der Waals surface area contributed by atoms with Crippen molar-refractivity contribution in [2.75, 3.05) is 24.8 Å². The molecule has 0 unspecified atom stereocenters. The molecule has 2 N–H and O–H groups in total. The number of hydrogen-bond donors (Lipinski definition) is 2. The van der Waals surface area contributed by atoms with E-state index in [1.807, 2.05) is 24.3 Å². The molecule has 0 spiro atoms. The van der Waals surface area contributed by atoms with E-state index in [0.29, 0.717) is 24.0 Å². The molecule has 0 saturated heterocycles. The number of methoxy groups -OCH3 is 1. The first kappa shape index (κ1) is 17.9. The molecule has 2 amide bonds. The SMILES string of the molecule is COCC[S@](=O)Cc1cccc(NC(=O)N[C@H]2CCC[C@H]2C)c1. The van der Waals surface area contributed by atoms with Crippen molar-refractivity contribution in [2.24, 2.45) is 5.92 Å². The summed E-state index contributed by atoms with van der Waals surface area (Å²) in [6.07, 6.45) is 3.40. The highest BCUT2D eigenvalue weighted by atomic mass is 32.2. The number of rotatable bonds is 7. The zero-order chi connectivity index (χ0) is 16.7.